The molecule has 2 atom stereocenters. The molecule has 2 aliphatic rings. The van der Waals surface area contributed by atoms with E-state index >= 15 is 0 Å². The first kappa shape index (κ1) is 13.6. The molecule has 2 unspecified atom stereocenters. The molecule has 1 nitrogen and oxygen atoms in total. The van der Waals surface area contributed by atoms with Gasteiger partial charge >= 0.3 is 0 Å². The van der Waals surface area contributed by atoms with Crippen molar-refractivity contribution in [3.8, 4) is 0 Å². The Morgan fingerprint density at radius 1 is 0.950 bits per heavy atom. The molecule has 2 bridgehead atoms. The summed E-state index contributed by atoms with van der Waals surface area (Å²) in [6.07, 6.45) is 2.16. The summed E-state index contributed by atoms with van der Waals surface area (Å²) in [7, 11) is 0. The Kier molecular flexibility index (Phi) is 2.61. The molecule has 0 radical (unpaired) electrons. The molecule has 3 rings (SSSR count). The maximum Gasteiger partial charge on any atom is 0.166 e. The van der Waals surface area contributed by atoms with Crippen LogP contribution in [0.4, 0.5) is 0 Å². The van der Waals surface area contributed by atoms with Crippen molar-refractivity contribution in [3.05, 3.63) is 41.5 Å². The van der Waals surface area contributed by atoms with Crippen LogP contribution in [0.3, 0.4) is 0 Å². The zero-order valence-corrected chi connectivity index (χ0v) is 13.2. The van der Waals surface area contributed by atoms with Gasteiger partial charge in [0, 0.05) is 16.4 Å². The molecule has 106 valence electrons. The van der Waals surface area contributed by atoms with Crippen molar-refractivity contribution in [2.75, 3.05) is 0 Å². The van der Waals surface area contributed by atoms with Gasteiger partial charge in [-0.25, -0.2) is 0 Å². The van der Waals surface area contributed by atoms with Gasteiger partial charge in [-0.1, -0.05) is 58.0 Å². The third kappa shape index (κ3) is 1.31. The van der Waals surface area contributed by atoms with Gasteiger partial charge in [-0.3, -0.25) is 4.79 Å². The molecule has 1 aromatic carbocycles. The van der Waals surface area contributed by atoms with Gasteiger partial charge in [0.25, 0.3) is 0 Å². The monoisotopic (exact) mass is 268 g/mol. The Morgan fingerprint density at radius 2 is 1.50 bits per heavy atom. The van der Waals surface area contributed by atoms with E-state index in [1.54, 1.807) is 0 Å². The molecule has 0 aliphatic heterocycles. The summed E-state index contributed by atoms with van der Waals surface area (Å²) in [5.41, 5.74) is 3.31. The molecule has 1 aromatic rings. The van der Waals surface area contributed by atoms with Crippen molar-refractivity contribution < 1.29 is 4.79 Å². The predicted octanol–water partition coefficient (Wildman–Crippen LogP) is 4.88. The Labute approximate surface area is 122 Å². The number of hydrogen-bond acceptors (Lipinski definition) is 1. The Morgan fingerprint density at radius 3 is 2.00 bits per heavy atom. The standard InChI is InChI=1S/C19H24O/c1-13(14-9-7-6-8-10-14)15-16(20)19(5)12-11-18(15,4)17(19,2)3/h6-10H,11-12H2,1-5H3. The Balaban J connectivity index is 2.25. The molecule has 1 heteroatoms. The van der Waals surface area contributed by atoms with Crippen molar-refractivity contribution in [3.63, 3.8) is 0 Å². The van der Waals surface area contributed by atoms with Gasteiger partial charge in [0.1, 0.15) is 0 Å². The molecular weight excluding hydrogens is 244 g/mol. The van der Waals surface area contributed by atoms with Crippen LogP contribution >= 0.6 is 0 Å². The lowest BCUT2D eigenvalue weighted by molar-refractivity contribution is -0.125. The van der Waals surface area contributed by atoms with E-state index in [0.717, 1.165) is 18.4 Å². The maximum absolute atomic E-state index is 13.1. The largest absolute Gasteiger partial charge is 0.294 e. The topological polar surface area (TPSA) is 17.1 Å². The van der Waals surface area contributed by atoms with Crippen LogP contribution in [-0.4, -0.2) is 5.78 Å². The molecule has 2 fully saturated rings. The average molecular weight is 268 g/mol. The second-order valence-corrected chi connectivity index (χ2v) is 7.48. The number of Topliss-reactive ketones (excluding diaryl/α,β-unsaturated/α-hetero) is 1. The van der Waals surface area contributed by atoms with E-state index in [2.05, 4.69) is 46.8 Å². The van der Waals surface area contributed by atoms with Crippen LogP contribution in [-0.2, 0) is 4.79 Å². The molecule has 0 N–H and O–H groups in total. The fraction of sp³-hybridized carbons (Fsp3) is 0.526. The first-order valence-corrected chi connectivity index (χ1v) is 7.57. The predicted molar refractivity (Wildman–Crippen MR) is 83.3 cm³/mol. The molecule has 20 heavy (non-hydrogen) atoms. The summed E-state index contributed by atoms with van der Waals surface area (Å²) < 4.78 is 0. The van der Waals surface area contributed by atoms with Gasteiger partial charge in [-0.15, -0.1) is 0 Å². The highest BCUT2D eigenvalue weighted by Crippen LogP contribution is 2.73. The summed E-state index contributed by atoms with van der Waals surface area (Å²) in [4.78, 5) is 13.1. The van der Waals surface area contributed by atoms with Gasteiger partial charge in [0.05, 0.1) is 0 Å². The van der Waals surface area contributed by atoms with Crippen LogP contribution in [0.2, 0.25) is 0 Å². The number of rotatable bonds is 1. The lowest BCUT2D eigenvalue weighted by Crippen LogP contribution is -2.34. The zero-order chi connectivity index (χ0) is 14.8. The summed E-state index contributed by atoms with van der Waals surface area (Å²) in [5, 5.41) is 0. The molecule has 2 saturated carbocycles. The Hall–Kier alpha value is -1.37. The molecule has 0 saturated heterocycles. The second-order valence-electron chi connectivity index (χ2n) is 7.48. The van der Waals surface area contributed by atoms with E-state index in [9.17, 15) is 4.79 Å². The molecule has 2 aliphatic carbocycles. The Bertz CT molecular complexity index is 608. The molecule has 0 heterocycles. The molecular formula is C19H24O. The van der Waals surface area contributed by atoms with Crippen molar-refractivity contribution in [2.45, 2.75) is 47.5 Å². The minimum atomic E-state index is -0.187. The van der Waals surface area contributed by atoms with E-state index in [1.165, 1.54) is 11.1 Å². The normalized spacial score (nSPS) is 37.4. The van der Waals surface area contributed by atoms with Crippen LogP contribution in [0.25, 0.3) is 5.57 Å². The lowest BCUT2D eigenvalue weighted by atomic mass is 9.65. The zero-order valence-electron chi connectivity index (χ0n) is 13.2. The van der Waals surface area contributed by atoms with Crippen molar-refractivity contribution in [1.82, 2.24) is 0 Å². The highest BCUT2D eigenvalue weighted by atomic mass is 16.1. The third-order valence-corrected chi connectivity index (χ3v) is 6.75. The summed E-state index contributed by atoms with van der Waals surface area (Å²) in [6.45, 7) is 11.1. The number of carbonyl (C=O) groups is 1. The smallest absolute Gasteiger partial charge is 0.166 e. The lowest BCUT2D eigenvalue weighted by Gasteiger charge is -2.37. The summed E-state index contributed by atoms with van der Waals surface area (Å²) >= 11 is 0. The molecule has 0 amide bonds. The highest BCUT2D eigenvalue weighted by Gasteiger charge is 2.70. The maximum atomic E-state index is 13.1. The number of fused-ring (bicyclic) bond motifs is 2. The number of allylic oxidation sites excluding steroid dienone is 2. The number of hydrogen-bond donors (Lipinski definition) is 0. The van der Waals surface area contributed by atoms with Crippen LogP contribution in [0, 0.1) is 16.2 Å². The van der Waals surface area contributed by atoms with E-state index in [4.69, 9.17) is 0 Å². The van der Waals surface area contributed by atoms with E-state index in [-0.39, 0.29) is 16.2 Å². The van der Waals surface area contributed by atoms with Crippen LogP contribution in [0.5, 0.6) is 0 Å². The fourth-order valence-electron chi connectivity index (χ4n) is 4.51. The molecule has 0 aromatic heterocycles. The fourth-order valence-corrected chi connectivity index (χ4v) is 4.51. The van der Waals surface area contributed by atoms with Gasteiger partial charge in [0.15, 0.2) is 5.78 Å². The van der Waals surface area contributed by atoms with Crippen LogP contribution < -0.4 is 0 Å². The van der Waals surface area contributed by atoms with Crippen molar-refractivity contribution in [1.29, 1.82) is 0 Å². The first-order chi connectivity index (χ1) is 9.26. The summed E-state index contributed by atoms with van der Waals surface area (Å²) in [6, 6.07) is 10.3. The van der Waals surface area contributed by atoms with Gasteiger partial charge in [-0.2, -0.15) is 0 Å². The average Bonchev–Trinajstić information content (AvgIpc) is 2.67. The van der Waals surface area contributed by atoms with E-state index in [0.29, 0.717) is 5.78 Å². The third-order valence-electron chi connectivity index (χ3n) is 6.75. The minimum Gasteiger partial charge on any atom is -0.294 e. The SMILES string of the molecule is CC(=C1C(=O)C2(C)CCC1(C)C2(C)C)c1ccccc1. The number of carbonyl (C=O) groups excluding carboxylic acids is 1. The van der Waals surface area contributed by atoms with Gasteiger partial charge < -0.3 is 0 Å². The van der Waals surface area contributed by atoms with Gasteiger partial charge in [-0.05, 0) is 36.3 Å². The number of ketones is 1. The van der Waals surface area contributed by atoms with Gasteiger partial charge in [0.2, 0.25) is 0 Å². The quantitative estimate of drug-likeness (QED) is 0.664. The number of benzene rings is 1. The highest BCUT2D eigenvalue weighted by molar-refractivity contribution is 6.11. The summed E-state index contributed by atoms with van der Waals surface area (Å²) in [5.74, 6) is 0.387. The van der Waals surface area contributed by atoms with E-state index in [1.807, 2.05) is 18.2 Å². The van der Waals surface area contributed by atoms with Crippen molar-refractivity contribution >= 4 is 11.4 Å². The second kappa shape index (κ2) is 3.84. The minimum absolute atomic E-state index is 0.0127. The van der Waals surface area contributed by atoms with Crippen LogP contribution in [0.1, 0.15) is 53.0 Å². The van der Waals surface area contributed by atoms with E-state index < -0.39 is 0 Å². The van der Waals surface area contributed by atoms with Crippen molar-refractivity contribution in [2.24, 2.45) is 16.2 Å². The molecule has 0 spiro atoms. The first-order valence-electron chi connectivity index (χ1n) is 7.57. The van der Waals surface area contributed by atoms with Crippen LogP contribution in [0.15, 0.2) is 35.9 Å².